The van der Waals surface area contributed by atoms with Crippen molar-refractivity contribution >= 4 is 5.97 Å². The summed E-state index contributed by atoms with van der Waals surface area (Å²) >= 11 is 0. The summed E-state index contributed by atoms with van der Waals surface area (Å²) in [5, 5.41) is 0. The lowest BCUT2D eigenvalue weighted by atomic mass is 9.50. The smallest absolute Gasteiger partial charge is 0.304 e. The zero-order chi connectivity index (χ0) is 19.9. The van der Waals surface area contributed by atoms with Crippen molar-refractivity contribution in [2.75, 3.05) is 6.61 Å². The van der Waals surface area contributed by atoms with E-state index in [1.54, 1.807) is 0 Å². The van der Waals surface area contributed by atoms with Crippen LogP contribution in [0.4, 0.5) is 0 Å². The van der Waals surface area contributed by atoms with Crippen LogP contribution < -0.4 is 0 Å². The SMILES string of the molecule is C#C[C@]1(OC(C)=O)CCC2C3CC=C4C=C(OCC)CCC4C3CC[C@@]21CC. The molecule has 0 amide bonds. The van der Waals surface area contributed by atoms with Gasteiger partial charge in [0.1, 0.15) is 0 Å². The molecule has 152 valence electrons. The van der Waals surface area contributed by atoms with Gasteiger partial charge in [0.05, 0.1) is 12.4 Å². The standard InChI is InChI=1S/C25H34O3/c1-5-24-14-12-21-20-11-9-19(27-7-3)16-18(20)8-10-22(21)23(24)13-15-25(24,6-2)28-17(4)26/h2,8,16,20-23H,5,7,9-15H2,1,3-4H3/t20?,21?,22?,23?,24-,25-/m0/s1. The molecule has 6 atom stereocenters. The van der Waals surface area contributed by atoms with Gasteiger partial charge in [-0.05, 0) is 87.2 Å². The predicted molar refractivity (Wildman–Crippen MR) is 110 cm³/mol. The van der Waals surface area contributed by atoms with E-state index in [1.165, 1.54) is 25.3 Å². The molecule has 3 heteroatoms. The molecule has 0 aromatic rings. The van der Waals surface area contributed by atoms with Gasteiger partial charge in [-0.2, -0.15) is 0 Å². The second-order valence-corrected chi connectivity index (χ2v) is 9.21. The van der Waals surface area contributed by atoms with Crippen LogP contribution in [0.5, 0.6) is 0 Å². The maximum Gasteiger partial charge on any atom is 0.304 e. The fourth-order valence-electron chi connectivity index (χ4n) is 7.41. The average molecular weight is 383 g/mol. The van der Waals surface area contributed by atoms with Gasteiger partial charge in [0.2, 0.25) is 0 Å². The fraction of sp³-hybridized carbons (Fsp3) is 0.720. The number of ether oxygens (including phenoxy) is 2. The Morgan fingerprint density at radius 2 is 2.07 bits per heavy atom. The van der Waals surface area contributed by atoms with E-state index in [2.05, 4.69) is 31.9 Å². The van der Waals surface area contributed by atoms with Crippen molar-refractivity contribution in [3.05, 3.63) is 23.5 Å². The molecular formula is C25H34O3. The molecule has 0 radical (unpaired) electrons. The second kappa shape index (κ2) is 7.29. The first-order valence-corrected chi connectivity index (χ1v) is 11.2. The zero-order valence-electron chi connectivity index (χ0n) is 17.6. The van der Waals surface area contributed by atoms with Crippen LogP contribution in [0, 0.1) is 41.4 Å². The monoisotopic (exact) mass is 382 g/mol. The van der Waals surface area contributed by atoms with Gasteiger partial charge in [-0.25, -0.2) is 0 Å². The van der Waals surface area contributed by atoms with Crippen LogP contribution in [0.1, 0.15) is 72.1 Å². The van der Waals surface area contributed by atoms with Gasteiger partial charge in [-0.15, -0.1) is 6.42 Å². The van der Waals surface area contributed by atoms with Crippen molar-refractivity contribution in [2.45, 2.75) is 77.7 Å². The summed E-state index contributed by atoms with van der Waals surface area (Å²) in [4.78, 5) is 11.9. The molecule has 4 aliphatic carbocycles. The highest BCUT2D eigenvalue weighted by atomic mass is 16.6. The predicted octanol–water partition coefficient (Wildman–Crippen LogP) is 5.41. The Balaban J connectivity index is 1.65. The number of allylic oxidation sites excluding steroid dienone is 4. The molecule has 0 heterocycles. The summed E-state index contributed by atoms with van der Waals surface area (Å²) in [6.07, 6.45) is 19.4. The van der Waals surface area contributed by atoms with Crippen LogP contribution >= 0.6 is 0 Å². The van der Waals surface area contributed by atoms with Crippen LogP contribution in [0.3, 0.4) is 0 Å². The lowest BCUT2D eigenvalue weighted by Gasteiger charge is -2.55. The third-order valence-corrected chi connectivity index (χ3v) is 8.42. The van der Waals surface area contributed by atoms with Gasteiger partial charge in [-0.3, -0.25) is 4.79 Å². The van der Waals surface area contributed by atoms with E-state index >= 15 is 0 Å². The molecule has 3 nitrogen and oxygen atoms in total. The molecule has 28 heavy (non-hydrogen) atoms. The number of fused-ring (bicyclic) bond motifs is 5. The number of carbonyl (C=O) groups is 1. The first-order valence-electron chi connectivity index (χ1n) is 11.2. The van der Waals surface area contributed by atoms with Gasteiger partial charge in [0.15, 0.2) is 5.60 Å². The third-order valence-electron chi connectivity index (χ3n) is 8.42. The maximum absolute atomic E-state index is 11.9. The third kappa shape index (κ3) is 2.75. The highest BCUT2D eigenvalue weighted by Crippen LogP contribution is 2.66. The molecule has 4 aliphatic rings. The summed E-state index contributed by atoms with van der Waals surface area (Å²) in [7, 11) is 0. The van der Waals surface area contributed by atoms with E-state index in [0.29, 0.717) is 17.8 Å². The molecule has 4 unspecified atom stereocenters. The maximum atomic E-state index is 11.9. The van der Waals surface area contributed by atoms with Crippen molar-refractivity contribution in [1.29, 1.82) is 0 Å². The summed E-state index contributed by atoms with van der Waals surface area (Å²) < 4.78 is 11.7. The topological polar surface area (TPSA) is 35.5 Å². The molecule has 0 N–H and O–H groups in total. The minimum Gasteiger partial charge on any atom is -0.498 e. The van der Waals surface area contributed by atoms with Crippen molar-refractivity contribution in [3.63, 3.8) is 0 Å². The van der Waals surface area contributed by atoms with Gasteiger partial charge < -0.3 is 9.47 Å². The highest BCUT2D eigenvalue weighted by Gasteiger charge is 2.65. The molecule has 0 bridgehead atoms. The summed E-state index contributed by atoms with van der Waals surface area (Å²) in [6, 6.07) is 0. The van der Waals surface area contributed by atoms with Crippen LogP contribution in [0.15, 0.2) is 23.5 Å². The van der Waals surface area contributed by atoms with Crippen LogP contribution in [0.2, 0.25) is 0 Å². The summed E-state index contributed by atoms with van der Waals surface area (Å²) in [6.45, 7) is 6.56. The van der Waals surface area contributed by atoms with E-state index < -0.39 is 5.60 Å². The average Bonchev–Trinajstić information content (AvgIpc) is 3.02. The quantitative estimate of drug-likeness (QED) is 0.481. The molecule has 0 saturated heterocycles. The molecule has 4 rings (SSSR count). The Hall–Kier alpha value is -1.69. The summed E-state index contributed by atoms with van der Waals surface area (Å²) in [5.74, 6) is 6.52. The van der Waals surface area contributed by atoms with Gasteiger partial charge in [0, 0.05) is 18.8 Å². The number of terminal acetylenes is 1. The number of carbonyl (C=O) groups excluding carboxylic acids is 1. The molecular weight excluding hydrogens is 348 g/mol. The first-order chi connectivity index (χ1) is 13.5. The van der Waals surface area contributed by atoms with Gasteiger partial charge in [0.25, 0.3) is 0 Å². The minimum atomic E-state index is -0.707. The molecule has 0 aromatic heterocycles. The van der Waals surface area contributed by atoms with Crippen molar-refractivity contribution in [1.82, 2.24) is 0 Å². The normalized spacial score (nSPS) is 41.5. The number of rotatable bonds is 4. The fourth-order valence-corrected chi connectivity index (χ4v) is 7.41. The van der Waals surface area contributed by atoms with E-state index in [0.717, 1.165) is 56.8 Å². The number of hydrogen-bond donors (Lipinski definition) is 0. The van der Waals surface area contributed by atoms with Crippen LogP contribution in [0.25, 0.3) is 0 Å². The molecule has 0 spiro atoms. The van der Waals surface area contributed by atoms with Crippen molar-refractivity contribution in [3.8, 4) is 12.3 Å². The largest absolute Gasteiger partial charge is 0.498 e. The minimum absolute atomic E-state index is 0.0546. The molecule has 0 aromatic carbocycles. The molecule has 2 saturated carbocycles. The Morgan fingerprint density at radius 1 is 1.25 bits per heavy atom. The van der Waals surface area contributed by atoms with E-state index in [-0.39, 0.29) is 11.4 Å². The number of esters is 1. The Kier molecular flexibility index (Phi) is 5.10. The highest BCUT2D eigenvalue weighted by molar-refractivity contribution is 5.67. The first kappa shape index (κ1) is 19.6. The van der Waals surface area contributed by atoms with E-state index in [9.17, 15) is 4.79 Å². The zero-order valence-corrected chi connectivity index (χ0v) is 17.6. The summed E-state index contributed by atoms with van der Waals surface area (Å²) in [5.41, 5.74) is 0.740. The molecule has 0 aliphatic heterocycles. The van der Waals surface area contributed by atoms with Crippen molar-refractivity contribution in [2.24, 2.45) is 29.1 Å². The Morgan fingerprint density at radius 3 is 2.75 bits per heavy atom. The van der Waals surface area contributed by atoms with E-state index in [4.69, 9.17) is 15.9 Å². The number of hydrogen-bond acceptors (Lipinski definition) is 3. The van der Waals surface area contributed by atoms with Gasteiger partial charge >= 0.3 is 5.97 Å². The van der Waals surface area contributed by atoms with E-state index in [1.807, 2.05) is 0 Å². The Labute approximate surface area is 169 Å². The second-order valence-electron chi connectivity index (χ2n) is 9.21. The lowest BCUT2D eigenvalue weighted by Crippen LogP contribution is -2.54. The van der Waals surface area contributed by atoms with Crippen molar-refractivity contribution < 1.29 is 14.3 Å². The Bertz CT molecular complexity index is 741. The van der Waals surface area contributed by atoms with Crippen LogP contribution in [-0.2, 0) is 14.3 Å². The van der Waals surface area contributed by atoms with Crippen LogP contribution in [-0.4, -0.2) is 18.2 Å². The lowest BCUT2D eigenvalue weighted by molar-refractivity contribution is -0.170. The van der Waals surface area contributed by atoms with Gasteiger partial charge in [-0.1, -0.05) is 18.9 Å². The molecule has 2 fully saturated rings.